The van der Waals surface area contributed by atoms with Gasteiger partial charge in [-0.15, -0.1) is 0 Å². The van der Waals surface area contributed by atoms with Gasteiger partial charge in [-0.05, 0) is 24.6 Å². The summed E-state index contributed by atoms with van der Waals surface area (Å²) in [5.41, 5.74) is 10.0. The third kappa shape index (κ3) is 2.29. The molecule has 0 spiro atoms. The average Bonchev–Trinajstić information content (AvgIpc) is 2.76. The van der Waals surface area contributed by atoms with Crippen LogP contribution < -0.4 is 5.73 Å². The van der Waals surface area contributed by atoms with E-state index in [2.05, 4.69) is 5.10 Å². The number of nitrogens with two attached hydrogens (primary N) is 1. The zero-order chi connectivity index (χ0) is 15.0. The van der Waals surface area contributed by atoms with Crippen LogP contribution in [-0.4, -0.2) is 9.78 Å². The van der Waals surface area contributed by atoms with Gasteiger partial charge in [-0.25, -0.2) is 4.39 Å². The molecule has 0 unspecified atom stereocenters. The lowest BCUT2D eigenvalue weighted by atomic mass is 9.99. The molecule has 3 nitrogen and oxygen atoms in total. The molecule has 3 rings (SSSR count). The van der Waals surface area contributed by atoms with Crippen molar-refractivity contribution < 1.29 is 4.39 Å². The van der Waals surface area contributed by atoms with E-state index in [4.69, 9.17) is 5.73 Å². The van der Waals surface area contributed by atoms with Gasteiger partial charge in [-0.2, -0.15) is 5.10 Å². The van der Waals surface area contributed by atoms with Gasteiger partial charge < -0.3 is 5.73 Å². The van der Waals surface area contributed by atoms with Crippen molar-refractivity contribution in [1.82, 2.24) is 9.78 Å². The van der Waals surface area contributed by atoms with Gasteiger partial charge in [-0.1, -0.05) is 42.0 Å². The molecule has 21 heavy (non-hydrogen) atoms. The third-order valence-corrected chi connectivity index (χ3v) is 3.56. The lowest BCUT2D eigenvalue weighted by molar-refractivity contribution is 0.630. The van der Waals surface area contributed by atoms with E-state index in [0.29, 0.717) is 17.1 Å². The quantitative estimate of drug-likeness (QED) is 0.776. The van der Waals surface area contributed by atoms with Crippen LogP contribution in [0.15, 0.2) is 48.5 Å². The second-order valence-corrected chi connectivity index (χ2v) is 5.08. The number of halogens is 1. The summed E-state index contributed by atoms with van der Waals surface area (Å²) in [4.78, 5) is 0. The van der Waals surface area contributed by atoms with Gasteiger partial charge in [0.15, 0.2) is 0 Å². The van der Waals surface area contributed by atoms with Crippen molar-refractivity contribution >= 4 is 5.82 Å². The Morgan fingerprint density at radius 3 is 2.38 bits per heavy atom. The highest BCUT2D eigenvalue weighted by atomic mass is 19.1. The van der Waals surface area contributed by atoms with Crippen LogP contribution >= 0.6 is 0 Å². The van der Waals surface area contributed by atoms with Gasteiger partial charge in [-0.3, -0.25) is 4.68 Å². The number of nitrogens with zero attached hydrogens (tertiary/aromatic N) is 2. The minimum absolute atomic E-state index is 0.302. The molecular weight excluding hydrogens is 265 g/mol. The Morgan fingerprint density at radius 1 is 1.05 bits per heavy atom. The Labute approximate surface area is 122 Å². The molecule has 1 heterocycles. The normalized spacial score (nSPS) is 10.8. The second-order valence-electron chi connectivity index (χ2n) is 5.08. The molecular formula is C17H16FN3. The van der Waals surface area contributed by atoms with Gasteiger partial charge in [0.2, 0.25) is 0 Å². The van der Waals surface area contributed by atoms with Crippen molar-refractivity contribution in [3.05, 3.63) is 59.9 Å². The highest BCUT2D eigenvalue weighted by molar-refractivity contribution is 5.88. The first-order valence-corrected chi connectivity index (χ1v) is 6.72. The SMILES string of the molecule is Cc1ccc(-c2c(-c3ccccc3F)nn(C)c2N)cc1. The first-order valence-electron chi connectivity index (χ1n) is 6.72. The van der Waals surface area contributed by atoms with Gasteiger partial charge in [0.1, 0.15) is 17.3 Å². The van der Waals surface area contributed by atoms with Crippen LogP contribution in [0.2, 0.25) is 0 Å². The molecule has 3 aromatic rings. The summed E-state index contributed by atoms with van der Waals surface area (Å²) in [5, 5.41) is 4.39. The first kappa shape index (κ1) is 13.4. The summed E-state index contributed by atoms with van der Waals surface area (Å²) < 4.78 is 15.7. The van der Waals surface area contributed by atoms with E-state index in [9.17, 15) is 4.39 Å². The maximum absolute atomic E-state index is 14.1. The van der Waals surface area contributed by atoms with Crippen LogP contribution in [0.3, 0.4) is 0 Å². The molecule has 0 aliphatic rings. The molecule has 0 saturated heterocycles. The Bertz CT molecular complexity index is 788. The number of benzene rings is 2. The molecule has 4 heteroatoms. The molecule has 1 aromatic heterocycles. The van der Waals surface area contributed by atoms with Crippen LogP contribution in [0.25, 0.3) is 22.4 Å². The van der Waals surface area contributed by atoms with Crippen molar-refractivity contribution in [1.29, 1.82) is 0 Å². The minimum atomic E-state index is -0.302. The second kappa shape index (κ2) is 5.05. The van der Waals surface area contributed by atoms with Gasteiger partial charge in [0.05, 0.1) is 5.56 Å². The molecule has 0 amide bonds. The third-order valence-electron chi connectivity index (χ3n) is 3.56. The number of nitrogen functional groups attached to an aromatic ring is 1. The van der Waals surface area contributed by atoms with Crippen molar-refractivity contribution in [3.63, 3.8) is 0 Å². The van der Waals surface area contributed by atoms with Crippen LogP contribution in [0, 0.1) is 12.7 Å². The Kier molecular flexibility index (Phi) is 3.22. The fraction of sp³-hybridized carbons (Fsp3) is 0.118. The van der Waals surface area contributed by atoms with Crippen LogP contribution in [0.5, 0.6) is 0 Å². The fourth-order valence-corrected chi connectivity index (χ4v) is 2.38. The molecule has 0 saturated carbocycles. The number of aryl methyl sites for hydroxylation is 2. The number of hydrogen-bond acceptors (Lipinski definition) is 2. The Balaban J connectivity index is 2.26. The predicted molar refractivity (Wildman–Crippen MR) is 83.2 cm³/mol. The van der Waals surface area contributed by atoms with Crippen molar-refractivity contribution in [2.24, 2.45) is 7.05 Å². The topological polar surface area (TPSA) is 43.8 Å². The first-order chi connectivity index (χ1) is 10.1. The van der Waals surface area contributed by atoms with E-state index in [1.807, 2.05) is 31.2 Å². The smallest absolute Gasteiger partial charge is 0.132 e. The summed E-state index contributed by atoms with van der Waals surface area (Å²) >= 11 is 0. The summed E-state index contributed by atoms with van der Waals surface area (Å²) in [6.45, 7) is 2.02. The van der Waals surface area contributed by atoms with Crippen molar-refractivity contribution in [3.8, 4) is 22.4 Å². The van der Waals surface area contributed by atoms with Crippen LogP contribution in [0.4, 0.5) is 10.2 Å². The highest BCUT2D eigenvalue weighted by Gasteiger charge is 2.19. The maximum Gasteiger partial charge on any atom is 0.132 e. The molecule has 0 aliphatic carbocycles. The van der Waals surface area contributed by atoms with E-state index >= 15 is 0 Å². The van der Waals surface area contributed by atoms with E-state index in [-0.39, 0.29) is 5.82 Å². The summed E-state index contributed by atoms with van der Waals surface area (Å²) in [6, 6.07) is 14.6. The summed E-state index contributed by atoms with van der Waals surface area (Å²) in [7, 11) is 1.76. The van der Waals surface area contributed by atoms with E-state index in [1.165, 1.54) is 6.07 Å². The van der Waals surface area contributed by atoms with Crippen LogP contribution in [-0.2, 0) is 7.05 Å². The molecule has 2 aromatic carbocycles. The lowest BCUT2D eigenvalue weighted by Crippen LogP contribution is -1.97. The average molecular weight is 281 g/mol. The van der Waals surface area contributed by atoms with E-state index in [0.717, 1.165) is 16.7 Å². The maximum atomic E-state index is 14.1. The number of hydrogen-bond donors (Lipinski definition) is 1. The molecule has 0 atom stereocenters. The molecule has 2 N–H and O–H groups in total. The Morgan fingerprint density at radius 2 is 1.71 bits per heavy atom. The Hall–Kier alpha value is -2.62. The van der Waals surface area contributed by atoms with Crippen LogP contribution in [0.1, 0.15) is 5.56 Å². The van der Waals surface area contributed by atoms with E-state index in [1.54, 1.807) is 29.9 Å². The highest BCUT2D eigenvalue weighted by Crippen LogP contribution is 2.36. The largest absolute Gasteiger partial charge is 0.383 e. The zero-order valence-corrected chi connectivity index (χ0v) is 12.0. The van der Waals surface area contributed by atoms with Gasteiger partial charge >= 0.3 is 0 Å². The molecule has 0 aliphatic heterocycles. The number of anilines is 1. The van der Waals surface area contributed by atoms with E-state index < -0.39 is 0 Å². The van der Waals surface area contributed by atoms with Gasteiger partial charge in [0, 0.05) is 12.6 Å². The number of aromatic nitrogens is 2. The van der Waals surface area contributed by atoms with Crippen molar-refractivity contribution in [2.45, 2.75) is 6.92 Å². The fourth-order valence-electron chi connectivity index (χ4n) is 2.38. The number of rotatable bonds is 2. The molecule has 106 valence electrons. The zero-order valence-electron chi connectivity index (χ0n) is 12.0. The summed E-state index contributed by atoms with van der Waals surface area (Å²) in [5.74, 6) is 0.223. The van der Waals surface area contributed by atoms with Gasteiger partial charge in [0.25, 0.3) is 0 Å². The molecule has 0 fully saturated rings. The monoisotopic (exact) mass is 281 g/mol. The predicted octanol–water partition coefficient (Wildman–Crippen LogP) is 3.78. The van der Waals surface area contributed by atoms with Crippen molar-refractivity contribution in [2.75, 3.05) is 5.73 Å². The standard InChI is InChI=1S/C17H16FN3/c1-11-7-9-12(10-8-11)15-16(20-21(2)17(15)19)13-5-3-4-6-14(13)18/h3-10H,19H2,1-2H3. The summed E-state index contributed by atoms with van der Waals surface area (Å²) in [6.07, 6.45) is 0. The molecule has 0 bridgehead atoms. The molecule has 0 radical (unpaired) electrons. The lowest BCUT2D eigenvalue weighted by Gasteiger charge is -2.06. The minimum Gasteiger partial charge on any atom is -0.383 e.